The molecule has 132 valence electrons. The highest BCUT2D eigenvalue weighted by atomic mass is 32.1. The summed E-state index contributed by atoms with van der Waals surface area (Å²) < 4.78 is 0. The van der Waals surface area contributed by atoms with Crippen molar-refractivity contribution in [2.45, 2.75) is 31.1 Å². The number of rotatable bonds is 4. The number of aromatic nitrogens is 2. The third kappa shape index (κ3) is 2.32. The van der Waals surface area contributed by atoms with Crippen LogP contribution in [-0.2, 0) is 11.8 Å². The monoisotopic (exact) mass is 381 g/mol. The molecule has 26 heavy (non-hydrogen) atoms. The van der Waals surface area contributed by atoms with Crippen LogP contribution in [0, 0.1) is 5.92 Å². The van der Waals surface area contributed by atoms with Gasteiger partial charge in [-0.1, -0.05) is 35.9 Å². The van der Waals surface area contributed by atoms with Crippen molar-refractivity contribution in [2.75, 3.05) is 0 Å². The summed E-state index contributed by atoms with van der Waals surface area (Å²) in [5.41, 5.74) is 3.59. The van der Waals surface area contributed by atoms with Crippen molar-refractivity contribution < 1.29 is 5.21 Å². The molecule has 4 nitrogen and oxygen atoms in total. The topological polar surface area (TPSA) is 61.3 Å². The summed E-state index contributed by atoms with van der Waals surface area (Å²) in [6.07, 6.45) is 8.68. The summed E-state index contributed by atoms with van der Waals surface area (Å²) in [7, 11) is 0. The summed E-state index contributed by atoms with van der Waals surface area (Å²) in [5, 5.41) is 25.2. The van der Waals surface area contributed by atoms with E-state index < -0.39 is 0 Å². The van der Waals surface area contributed by atoms with E-state index in [9.17, 15) is 5.21 Å². The molecule has 0 spiro atoms. The minimum Gasteiger partial charge on any atom is -0.411 e. The molecular weight excluding hydrogens is 362 g/mol. The van der Waals surface area contributed by atoms with Gasteiger partial charge in [0.05, 0.1) is 5.41 Å². The molecule has 3 heterocycles. The van der Waals surface area contributed by atoms with Gasteiger partial charge in [0.25, 0.3) is 0 Å². The van der Waals surface area contributed by atoms with Crippen LogP contribution in [0.5, 0.6) is 0 Å². The number of hydrogen-bond donors (Lipinski definition) is 2. The molecule has 3 aromatic rings. The highest BCUT2D eigenvalue weighted by Crippen LogP contribution is 2.45. The zero-order valence-electron chi connectivity index (χ0n) is 14.2. The molecule has 0 unspecified atom stereocenters. The van der Waals surface area contributed by atoms with Crippen molar-refractivity contribution >= 4 is 34.5 Å². The third-order valence-electron chi connectivity index (χ3n) is 5.64. The van der Waals surface area contributed by atoms with Gasteiger partial charge in [-0.25, -0.2) is 0 Å². The van der Waals surface area contributed by atoms with Crippen molar-refractivity contribution in [2.24, 2.45) is 11.1 Å². The Morgan fingerprint density at radius 2 is 1.92 bits per heavy atom. The number of thiophene rings is 2. The van der Waals surface area contributed by atoms with Crippen LogP contribution in [0.3, 0.4) is 0 Å². The largest absolute Gasteiger partial charge is 0.411 e. The molecule has 1 fully saturated rings. The lowest BCUT2D eigenvalue weighted by atomic mass is 9.74. The van der Waals surface area contributed by atoms with Gasteiger partial charge >= 0.3 is 0 Å². The van der Waals surface area contributed by atoms with Gasteiger partial charge < -0.3 is 5.21 Å². The summed E-state index contributed by atoms with van der Waals surface area (Å²) in [6.45, 7) is 0. The van der Waals surface area contributed by atoms with Gasteiger partial charge in [-0.3, -0.25) is 5.10 Å². The van der Waals surface area contributed by atoms with Crippen LogP contribution in [0.25, 0.3) is 6.08 Å². The average Bonchev–Trinajstić information content (AvgIpc) is 3.38. The Labute approximate surface area is 159 Å². The molecule has 2 aliphatic rings. The van der Waals surface area contributed by atoms with Crippen LogP contribution in [0.4, 0.5) is 0 Å². The summed E-state index contributed by atoms with van der Waals surface area (Å²) in [5.74, 6) is 0.335. The molecule has 2 N–H and O–H groups in total. The zero-order chi connectivity index (χ0) is 17.6. The van der Waals surface area contributed by atoms with E-state index in [1.807, 2.05) is 0 Å². The Balaban J connectivity index is 1.59. The fourth-order valence-corrected chi connectivity index (χ4v) is 5.90. The van der Waals surface area contributed by atoms with E-state index in [0.717, 1.165) is 41.9 Å². The molecule has 0 aromatic carbocycles. The molecule has 0 bridgehead atoms. The van der Waals surface area contributed by atoms with E-state index in [-0.39, 0.29) is 5.41 Å². The number of aromatic amines is 1. The second kappa shape index (κ2) is 6.21. The maximum Gasteiger partial charge on any atom is 0.117 e. The molecule has 0 radical (unpaired) electrons. The quantitative estimate of drug-likeness (QED) is 0.377. The lowest BCUT2D eigenvalue weighted by Gasteiger charge is -2.31. The summed E-state index contributed by atoms with van der Waals surface area (Å²) >= 11 is 3.59. The first kappa shape index (κ1) is 16.0. The molecule has 0 aliphatic heterocycles. The number of fused-ring (bicyclic) bond motifs is 1. The van der Waals surface area contributed by atoms with Crippen LogP contribution >= 0.6 is 22.7 Å². The first-order chi connectivity index (χ1) is 12.8. The van der Waals surface area contributed by atoms with Crippen molar-refractivity contribution in [1.29, 1.82) is 0 Å². The van der Waals surface area contributed by atoms with Crippen LogP contribution in [0.1, 0.15) is 46.0 Å². The zero-order valence-corrected chi connectivity index (χ0v) is 15.8. The second-order valence-electron chi connectivity index (χ2n) is 7.01. The predicted molar refractivity (Wildman–Crippen MR) is 106 cm³/mol. The average molecular weight is 382 g/mol. The first-order valence-electron chi connectivity index (χ1n) is 8.88. The molecule has 0 saturated heterocycles. The lowest BCUT2D eigenvalue weighted by molar-refractivity contribution is 0.305. The Hall–Kier alpha value is -2.18. The highest BCUT2D eigenvalue weighted by molar-refractivity contribution is 7.11. The Morgan fingerprint density at radius 3 is 2.46 bits per heavy atom. The van der Waals surface area contributed by atoms with Gasteiger partial charge in [-0.2, -0.15) is 5.10 Å². The van der Waals surface area contributed by atoms with Crippen LogP contribution in [0.2, 0.25) is 0 Å². The van der Waals surface area contributed by atoms with Crippen LogP contribution < -0.4 is 0 Å². The van der Waals surface area contributed by atoms with Crippen molar-refractivity contribution in [1.82, 2.24) is 10.2 Å². The van der Waals surface area contributed by atoms with Crippen LogP contribution in [0.15, 0.2) is 46.3 Å². The van der Waals surface area contributed by atoms with Crippen molar-refractivity contribution in [3.8, 4) is 0 Å². The van der Waals surface area contributed by atoms with Gasteiger partial charge in [-0.05, 0) is 35.7 Å². The molecular formula is C20H19N3OS2. The number of nitrogens with one attached hydrogen (secondary N) is 1. The van der Waals surface area contributed by atoms with E-state index in [2.05, 4.69) is 62.5 Å². The van der Waals surface area contributed by atoms with Gasteiger partial charge in [-0.15, -0.1) is 22.7 Å². The molecule has 1 saturated carbocycles. The molecule has 0 atom stereocenters. The Kier molecular flexibility index (Phi) is 3.83. The van der Waals surface area contributed by atoms with E-state index in [0.29, 0.717) is 5.92 Å². The standard InChI is InChI=1S/C20H19N3OS2/c24-23-18(13-4-1-5-13)19-14-8-9-20(12-15(14)21-22-19,16-6-2-10-25-16)17-7-3-11-26-17/h2-3,6-11,13,24H,1,4-5,12H2,(H,21,22). The molecule has 2 aliphatic carbocycles. The minimum atomic E-state index is -0.147. The number of nitrogens with zero attached hydrogens (tertiary/aromatic N) is 2. The SMILES string of the molecule is ON=C(c1n[nH]c2c1C=CC(c1cccs1)(c1cccs1)C2)C1CCC1. The molecule has 6 heteroatoms. The molecule has 3 aromatic heterocycles. The predicted octanol–water partition coefficient (Wildman–Crippen LogP) is 5.07. The third-order valence-corrected chi connectivity index (χ3v) is 7.73. The van der Waals surface area contributed by atoms with Gasteiger partial charge in [0.1, 0.15) is 11.4 Å². The maximum absolute atomic E-state index is 9.55. The van der Waals surface area contributed by atoms with Crippen molar-refractivity contribution in [3.63, 3.8) is 0 Å². The Morgan fingerprint density at radius 1 is 1.19 bits per heavy atom. The summed E-state index contributed by atoms with van der Waals surface area (Å²) in [4.78, 5) is 2.68. The Bertz CT molecular complexity index is 929. The van der Waals surface area contributed by atoms with E-state index in [4.69, 9.17) is 0 Å². The molecule has 5 rings (SSSR count). The fourth-order valence-electron chi connectivity index (χ4n) is 3.99. The van der Waals surface area contributed by atoms with Crippen molar-refractivity contribution in [3.05, 3.63) is 67.8 Å². The maximum atomic E-state index is 9.55. The van der Waals surface area contributed by atoms with E-state index >= 15 is 0 Å². The highest BCUT2D eigenvalue weighted by Gasteiger charge is 2.39. The number of hydrogen-bond acceptors (Lipinski definition) is 5. The van der Waals surface area contributed by atoms with Gasteiger partial charge in [0.15, 0.2) is 0 Å². The first-order valence-corrected chi connectivity index (χ1v) is 10.6. The van der Waals surface area contributed by atoms with Gasteiger partial charge in [0, 0.05) is 33.4 Å². The minimum absolute atomic E-state index is 0.147. The number of allylic oxidation sites excluding steroid dienone is 1. The number of oxime groups is 1. The normalized spacial score (nSPS) is 19.3. The second-order valence-corrected chi connectivity index (χ2v) is 8.91. The molecule has 0 amide bonds. The van der Waals surface area contributed by atoms with E-state index in [1.165, 1.54) is 16.2 Å². The van der Waals surface area contributed by atoms with E-state index in [1.54, 1.807) is 22.7 Å². The smallest absolute Gasteiger partial charge is 0.117 e. The van der Waals surface area contributed by atoms with Crippen LogP contribution in [-0.4, -0.2) is 21.1 Å². The summed E-state index contributed by atoms with van der Waals surface area (Å²) in [6, 6.07) is 8.66. The number of H-pyrrole nitrogens is 1. The van der Waals surface area contributed by atoms with Gasteiger partial charge in [0.2, 0.25) is 0 Å². The lowest BCUT2D eigenvalue weighted by Crippen LogP contribution is -2.29. The fraction of sp³-hybridized carbons (Fsp3) is 0.300.